The van der Waals surface area contributed by atoms with Crippen molar-refractivity contribution in [1.82, 2.24) is 10.3 Å². The van der Waals surface area contributed by atoms with Gasteiger partial charge in [0, 0.05) is 11.9 Å². The lowest BCUT2D eigenvalue weighted by Gasteiger charge is -2.20. The lowest BCUT2D eigenvalue weighted by Crippen LogP contribution is -2.34. The molecule has 1 rings (SSSR count). The van der Waals surface area contributed by atoms with Gasteiger partial charge in [0.1, 0.15) is 11.7 Å². The average Bonchev–Trinajstić information content (AvgIpc) is 2.85. The second kappa shape index (κ2) is 7.52. The molecule has 0 aliphatic heterocycles. The van der Waals surface area contributed by atoms with Crippen LogP contribution in [-0.2, 0) is 4.74 Å². The summed E-state index contributed by atoms with van der Waals surface area (Å²) in [6.07, 6.45) is -3.04. The minimum atomic E-state index is -1.32. The van der Waals surface area contributed by atoms with Gasteiger partial charge in [-0.1, -0.05) is 0 Å². The first-order valence-electron chi connectivity index (χ1n) is 6.62. The number of hydrogen-bond acceptors (Lipinski definition) is 7. The van der Waals surface area contributed by atoms with E-state index in [1.165, 1.54) is 5.38 Å². The van der Waals surface area contributed by atoms with Gasteiger partial charge in [-0.05, 0) is 27.2 Å². The Balaban J connectivity index is 2.42. The Hall–Kier alpha value is -1.71. The predicted molar refractivity (Wildman–Crippen MR) is 78.9 cm³/mol. The van der Waals surface area contributed by atoms with Gasteiger partial charge < -0.3 is 25.4 Å². The summed E-state index contributed by atoms with van der Waals surface area (Å²) in [5, 5.41) is 32.2. The Labute approximate surface area is 131 Å². The smallest absolute Gasteiger partial charge is 0.407 e. The van der Waals surface area contributed by atoms with E-state index in [1.807, 2.05) is 0 Å². The molecule has 0 aliphatic rings. The third kappa shape index (κ3) is 5.96. The number of thiazole rings is 1. The fourth-order valence-corrected chi connectivity index (χ4v) is 2.19. The lowest BCUT2D eigenvalue weighted by molar-refractivity contribution is 0.0101. The van der Waals surface area contributed by atoms with Crippen molar-refractivity contribution >= 4 is 23.4 Å². The van der Waals surface area contributed by atoms with E-state index in [-0.39, 0.29) is 23.7 Å². The normalized spacial score (nSPS) is 14.2. The van der Waals surface area contributed by atoms with Gasteiger partial charge in [0.05, 0.1) is 11.8 Å². The minimum Gasteiger partial charge on any atom is -0.476 e. The summed E-state index contributed by atoms with van der Waals surface area (Å²) >= 11 is 0.867. The topological polar surface area (TPSA) is 129 Å². The van der Waals surface area contributed by atoms with Gasteiger partial charge in [0.2, 0.25) is 5.01 Å². The first-order chi connectivity index (χ1) is 10.1. The van der Waals surface area contributed by atoms with Crippen LogP contribution >= 0.6 is 11.3 Å². The largest absolute Gasteiger partial charge is 0.476 e. The van der Waals surface area contributed by atoms with Gasteiger partial charge in [0.15, 0.2) is 0 Å². The molecule has 4 N–H and O–H groups in total. The number of rotatable bonds is 6. The number of alkyl carbamates (subject to hydrolysis) is 1. The van der Waals surface area contributed by atoms with E-state index in [0.717, 1.165) is 11.3 Å². The maximum absolute atomic E-state index is 11.4. The number of carboxylic acids is 1. The van der Waals surface area contributed by atoms with Crippen molar-refractivity contribution in [3.8, 4) is 0 Å². The average molecular weight is 332 g/mol. The van der Waals surface area contributed by atoms with Gasteiger partial charge >= 0.3 is 12.1 Å². The van der Waals surface area contributed by atoms with E-state index in [0.29, 0.717) is 0 Å². The zero-order valence-electron chi connectivity index (χ0n) is 12.6. The van der Waals surface area contributed by atoms with Crippen molar-refractivity contribution in [1.29, 1.82) is 0 Å². The number of aliphatic hydroxyl groups is 2. The quantitative estimate of drug-likeness (QED) is 0.615. The molecule has 1 amide bonds. The molecule has 2 unspecified atom stereocenters. The van der Waals surface area contributed by atoms with Gasteiger partial charge in [-0.3, -0.25) is 0 Å². The second-order valence-corrected chi connectivity index (χ2v) is 6.47. The van der Waals surface area contributed by atoms with Crippen LogP contribution in [0.2, 0.25) is 0 Å². The molecular weight excluding hydrogens is 312 g/mol. The van der Waals surface area contributed by atoms with Gasteiger partial charge in [0.25, 0.3) is 0 Å². The summed E-state index contributed by atoms with van der Waals surface area (Å²) in [5.74, 6) is -1.19. The van der Waals surface area contributed by atoms with Crippen LogP contribution in [0.1, 0.15) is 48.8 Å². The highest BCUT2D eigenvalue weighted by atomic mass is 32.1. The van der Waals surface area contributed by atoms with Crippen LogP contribution in [0.3, 0.4) is 0 Å². The molecule has 2 atom stereocenters. The summed E-state index contributed by atoms with van der Waals surface area (Å²) in [6, 6.07) is 0. The van der Waals surface area contributed by atoms with Crippen LogP contribution in [0.25, 0.3) is 0 Å². The molecule has 0 radical (unpaired) electrons. The summed E-state index contributed by atoms with van der Waals surface area (Å²) in [6.45, 7) is 5.29. The minimum absolute atomic E-state index is 0.0698. The number of carboxylic acid groups (broad SMARTS) is 1. The van der Waals surface area contributed by atoms with Crippen molar-refractivity contribution in [3.63, 3.8) is 0 Å². The van der Waals surface area contributed by atoms with Crippen LogP contribution in [0.5, 0.6) is 0 Å². The van der Waals surface area contributed by atoms with Gasteiger partial charge in [-0.2, -0.15) is 0 Å². The SMILES string of the molecule is CC(C)(C)OC(=O)NCCC(O)C(O)c1csc(C(=O)O)n1. The molecular formula is C13H20N2O6S. The Morgan fingerprint density at radius 2 is 2.05 bits per heavy atom. The van der Waals surface area contributed by atoms with Crippen molar-refractivity contribution in [2.24, 2.45) is 0 Å². The summed E-state index contributed by atoms with van der Waals surface area (Å²) in [7, 11) is 0. The van der Waals surface area contributed by atoms with Crippen LogP contribution in [0, 0.1) is 0 Å². The maximum Gasteiger partial charge on any atom is 0.407 e. The predicted octanol–water partition coefficient (Wildman–Crippen LogP) is 1.15. The van der Waals surface area contributed by atoms with Gasteiger partial charge in [-0.15, -0.1) is 11.3 Å². The maximum atomic E-state index is 11.4. The molecule has 1 aromatic heterocycles. The van der Waals surface area contributed by atoms with Crippen molar-refractivity contribution in [3.05, 3.63) is 16.1 Å². The number of aliphatic hydroxyl groups excluding tert-OH is 2. The molecule has 0 saturated carbocycles. The summed E-state index contributed by atoms with van der Waals surface area (Å²) in [4.78, 5) is 25.8. The number of carbonyl (C=O) groups is 2. The molecule has 1 heterocycles. The number of aromatic nitrogens is 1. The number of aromatic carboxylic acids is 1. The number of amides is 1. The summed E-state index contributed by atoms with van der Waals surface area (Å²) in [5.41, 5.74) is -0.525. The van der Waals surface area contributed by atoms with Crippen molar-refractivity contribution < 1.29 is 29.6 Å². The monoisotopic (exact) mass is 332 g/mol. The number of nitrogens with one attached hydrogen (secondary N) is 1. The highest BCUT2D eigenvalue weighted by molar-refractivity contribution is 7.11. The molecule has 22 heavy (non-hydrogen) atoms. The molecule has 9 heteroatoms. The molecule has 124 valence electrons. The highest BCUT2D eigenvalue weighted by Gasteiger charge is 2.23. The first-order valence-corrected chi connectivity index (χ1v) is 7.50. The van der Waals surface area contributed by atoms with Crippen LogP contribution in [-0.4, -0.2) is 50.6 Å². The fourth-order valence-electron chi connectivity index (χ4n) is 1.51. The zero-order valence-corrected chi connectivity index (χ0v) is 13.4. The van der Waals surface area contributed by atoms with Gasteiger partial charge in [-0.25, -0.2) is 14.6 Å². The van der Waals surface area contributed by atoms with E-state index in [9.17, 15) is 19.8 Å². The standard InChI is InChI=1S/C13H20N2O6S/c1-13(2,3)21-12(20)14-5-4-8(16)9(17)7-6-22-10(15-7)11(18)19/h6,8-9,16-17H,4-5H2,1-3H3,(H,14,20)(H,18,19). The Bertz CT molecular complexity index is 525. The molecule has 0 aromatic carbocycles. The molecule has 0 spiro atoms. The van der Waals surface area contributed by atoms with Crippen molar-refractivity contribution in [2.75, 3.05) is 6.54 Å². The molecule has 1 aromatic rings. The number of hydrogen-bond donors (Lipinski definition) is 4. The molecule has 0 saturated heterocycles. The highest BCUT2D eigenvalue weighted by Crippen LogP contribution is 2.21. The van der Waals surface area contributed by atoms with E-state index in [4.69, 9.17) is 9.84 Å². The van der Waals surface area contributed by atoms with E-state index in [1.54, 1.807) is 20.8 Å². The third-order valence-electron chi connectivity index (χ3n) is 2.48. The molecule has 0 fully saturated rings. The van der Waals surface area contributed by atoms with E-state index < -0.39 is 29.9 Å². The van der Waals surface area contributed by atoms with Crippen LogP contribution < -0.4 is 5.32 Å². The molecule has 0 aliphatic carbocycles. The molecule has 0 bridgehead atoms. The Morgan fingerprint density at radius 1 is 1.41 bits per heavy atom. The molecule has 8 nitrogen and oxygen atoms in total. The lowest BCUT2D eigenvalue weighted by atomic mass is 10.1. The first kappa shape index (κ1) is 18.3. The van der Waals surface area contributed by atoms with Crippen LogP contribution in [0.15, 0.2) is 5.38 Å². The van der Waals surface area contributed by atoms with E-state index >= 15 is 0 Å². The van der Waals surface area contributed by atoms with E-state index in [2.05, 4.69) is 10.3 Å². The third-order valence-corrected chi connectivity index (χ3v) is 3.33. The second-order valence-electron chi connectivity index (χ2n) is 5.61. The zero-order chi connectivity index (χ0) is 16.9. The fraction of sp³-hybridized carbons (Fsp3) is 0.615. The number of carbonyl (C=O) groups excluding carboxylic acids is 1. The Kier molecular flexibility index (Phi) is 6.27. The number of nitrogens with zero attached hydrogens (tertiary/aromatic N) is 1. The van der Waals surface area contributed by atoms with Crippen molar-refractivity contribution in [2.45, 2.75) is 45.0 Å². The number of ether oxygens (including phenoxy) is 1. The Morgan fingerprint density at radius 3 is 2.55 bits per heavy atom. The van der Waals surface area contributed by atoms with Crippen LogP contribution in [0.4, 0.5) is 4.79 Å². The summed E-state index contributed by atoms with van der Waals surface area (Å²) < 4.78 is 5.02.